The van der Waals surface area contributed by atoms with Crippen LogP contribution in [0, 0.1) is 5.92 Å². The highest BCUT2D eigenvalue weighted by Crippen LogP contribution is 2.63. The van der Waals surface area contributed by atoms with Crippen molar-refractivity contribution in [2.24, 2.45) is 5.92 Å². The van der Waals surface area contributed by atoms with E-state index < -0.39 is 6.98 Å². The number of rotatable bonds is 0. The Hall–Kier alpha value is -1.22. The smallest absolute Gasteiger partial charge is 0.165 e. The maximum absolute atomic E-state index is 10.3. The molecule has 1 aromatic rings. The Morgan fingerprint density at radius 3 is 3.30 bits per heavy atom. The van der Waals surface area contributed by atoms with E-state index in [9.17, 15) is 5.11 Å². The molecule has 4 aliphatic rings. The van der Waals surface area contributed by atoms with Crippen LogP contribution in [0.1, 0.15) is 40.9 Å². The van der Waals surface area contributed by atoms with E-state index >= 15 is 0 Å². The Balaban J connectivity index is 1.73. The zero-order valence-electron chi connectivity index (χ0n) is 14.4. The SMILES string of the molecule is [2H]C([2H])([2H])N1CC[C@]23c4c5ccc(O)c4O[C@H]2CCC[C@H]3[C@@H]1C5. The van der Waals surface area contributed by atoms with Gasteiger partial charge in [-0.15, -0.1) is 0 Å². The topological polar surface area (TPSA) is 32.7 Å². The molecule has 1 spiro atoms. The Bertz CT molecular complexity index is 689. The number of hydrogen-bond donors (Lipinski definition) is 1. The molecule has 5 rings (SSSR count). The first-order valence-electron chi connectivity index (χ1n) is 9.21. The lowest BCUT2D eigenvalue weighted by molar-refractivity contribution is -0.0426. The fourth-order valence-electron chi connectivity index (χ4n) is 5.52. The van der Waals surface area contributed by atoms with Crippen molar-refractivity contribution in [3.05, 3.63) is 23.3 Å². The van der Waals surface area contributed by atoms with Gasteiger partial charge < -0.3 is 14.7 Å². The second kappa shape index (κ2) is 3.51. The van der Waals surface area contributed by atoms with Gasteiger partial charge in [0, 0.05) is 21.1 Å². The average molecular weight is 274 g/mol. The normalized spacial score (nSPS) is 44.0. The van der Waals surface area contributed by atoms with E-state index in [1.165, 1.54) is 11.1 Å². The van der Waals surface area contributed by atoms with Crippen molar-refractivity contribution in [2.75, 3.05) is 13.5 Å². The van der Waals surface area contributed by atoms with Crippen LogP contribution in [0.5, 0.6) is 11.5 Å². The zero-order valence-corrected chi connectivity index (χ0v) is 11.4. The third-order valence-electron chi connectivity index (χ3n) is 6.23. The van der Waals surface area contributed by atoms with Crippen molar-refractivity contribution in [3.63, 3.8) is 0 Å². The molecule has 3 nitrogen and oxygen atoms in total. The first-order chi connectivity index (χ1) is 10.9. The zero-order chi connectivity index (χ0) is 16.0. The molecule has 106 valence electrons. The van der Waals surface area contributed by atoms with Crippen LogP contribution in [0.2, 0.25) is 0 Å². The fraction of sp³-hybridized carbons (Fsp3) is 0.647. The molecule has 20 heavy (non-hydrogen) atoms. The molecule has 0 unspecified atom stereocenters. The van der Waals surface area contributed by atoms with E-state index in [1.807, 2.05) is 6.07 Å². The summed E-state index contributed by atoms with van der Waals surface area (Å²) in [4.78, 5) is 1.75. The maximum atomic E-state index is 10.3. The minimum atomic E-state index is -2.03. The standard InChI is InChI=1S/C17H21NO2/c1-18-8-7-17-11-3-2-4-14(17)20-16-13(19)6-5-10(15(16)17)9-12(11)18/h5-6,11-12,14,19H,2-4,7-9H2,1H3/t11-,12-,14-,17+/m0/s1/i1D3. The molecule has 1 N–H and O–H groups in total. The molecule has 2 bridgehead atoms. The van der Waals surface area contributed by atoms with Gasteiger partial charge in [0.25, 0.3) is 0 Å². The number of phenolic OH excluding ortho intramolecular Hbond substituents is 1. The number of benzene rings is 1. The Labute approximate surface area is 123 Å². The van der Waals surface area contributed by atoms with Crippen molar-refractivity contribution >= 4 is 0 Å². The quantitative estimate of drug-likeness (QED) is 0.789. The molecular weight excluding hydrogens is 250 g/mol. The number of aromatic hydroxyl groups is 1. The predicted molar refractivity (Wildman–Crippen MR) is 76.3 cm³/mol. The summed E-state index contributed by atoms with van der Waals surface area (Å²) in [6.45, 7) is -1.44. The molecule has 1 saturated carbocycles. The number of phenols is 1. The van der Waals surface area contributed by atoms with Gasteiger partial charge in [-0.05, 0) is 63.2 Å². The van der Waals surface area contributed by atoms with E-state index in [2.05, 4.69) is 0 Å². The van der Waals surface area contributed by atoms with Crippen LogP contribution in [0.3, 0.4) is 0 Å². The number of likely N-dealkylation sites (tertiary alicyclic amines) is 1. The molecular formula is C17H21NO2. The number of ether oxygens (including phenoxy) is 1. The van der Waals surface area contributed by atoms with Crippen LogP contribution in [-0.4, -0.2) is 35.7 Å². The van der Waals surface area contributed by atoms with Crippen molar-refractivity contribution in [2.45, 2.75) is 49.7 Å². The van der Waals surface area contributed by atoms with Crippen LogP contribution in [0.25, 0.3) is 0 Å². The van der Waals surface area contributed by atoms with E-state index in [0.717, 1.165) is 32.1 Å². The molecule has 1 saturated heterocycles. The van der Waals surface area contributed by atoms with Gasteiger partial charge in [-0.1, -0.05) is 6.07 Å². The molecule has 0 aromatic heterocycles. The summed E-state index contributed by atoms with van der Waals surface area (Å²) in [6.07, 6.45) is 4.82. The number of piperidine rings is 1. The van der Waals surface area contributed by atoms with Gasteiger partial charge in [0.1, 0.15) is 6.10 Å². The third kappa shape index (κ3) is 1.09. The second-order valence-corrected chi connectivity index (χ2v) is 6.85. The second-order valence-electron chi connectivity index (χ2n) is 6.85. The molecule has 2 aliphatic heterocycles. The molecule has 2 fully saturated rings. The minimum Gasteiger partial charge on any atom is -0.504 e. The van der Waals surface area contributed by atoms with Crippen LogP contribution >= 0.6 is 0 Å². The lowest BCUT2D eigenvalue weighted by atomic mass is 9.52. The molecule has 0 radical (unpaired) electrons. The largest absolute Gasteiger partial charge is 0.504 e. The summed E-state index contributed by atoms with van der Waals surface area (Å²) in [5.41, 5.74) is 2.30. The summed E-state index contributed by atoms with van der Waals surface area (Å²) < 4.78 is 30.0. The molecule has 0 amide bonds. The predicted octanol–water partition coefficient (Wildman–Crippen LogP) is 2.45. The van der Waals surface area contributed by atoms with Gasteiger partial charge >= 0.3 is 0 Å². The minimum absolute atomic E-state index is 0.0608. The maximum Gasteiger partial charge on any atom is 0.165 e. The number of hydrogen-bond acceptors (Lipinski definition) is 3. The van der Waals surface area contributed by atoms with Crippen molar-refractivity contribution < 1.29 is 14.0 Å². The first-order valence-corrected chi connectivity index (χ1v) is 7.71. The Morgan fingerprint density at radius 2 is 2.40 bits per heavy atom. The van der Waals surface area contributed by atoms with Gasteiger partial charge in [0.15, 0.2) is 11.5 Å². The molecule has 2 aliphatic carbocycles. The number of likely N-dealkylation sites (N-methyl/N-ethyl adjacent to an activating group) is 1. The highest BCUT2D eigenvalue weighted by atomic mass is 16.5. The average Bonchev–Trinajstić information content (AvgIpc) is 2.82. The lowest BCUT2D eigenvalue weighted by Gasteiger charge is -2.57. The van der Waals surface area contributed by atoms with Gasteiger partial charge in [0.05, 0.1) is 0 Å². The summed E-state index contributed by atoms with van der Waals surface area (Å²) in [5.74, 6) is 1.24. The molecule has 1 aromatic carbocycles. The Morgan fingerprint density at radius 1 is 1.45 bits per heavy atom. The molecule has 2 heterocycles. The third-order valence-corrected chi connectivity index (χ3v) is 6.23. The summed E-state index contributed by atoms with van der Waals surface area (Å²) in [5, 5.41) is 10.3. The van der Waals surface area contributed by atoms with E-state index in [1.54, 1.807) is 11.0 Å². The molecule has 4 atom stereocenters. The van der Waals surface area contributed by atoms with Crippen molar-refractivity contribution in [1.82, 2.24) is 4.90 Å². The van der Waals surface area contributed by atoms with E-state index in [-0.39, 0.29) is 23.3 Å². The van der Waals surface area contributed by atoms with E-state index in [4.69, 9.17) is 8.85 Å². The van der Waals surface area contributed by atoms with Crippen LogP contribution in [-0.2, 0) is 11.8 Å². The van der Waals surface area contributed by atoms with Crippen molar-refractivity contribution in [1.29, 1.82) is 0 Å². The van der Waals surface area contributed by atoms with Gasteiger partial charge in [-0.2, -0.15) is 0 Å². The van der Waals surface area contributed by atoms with Crippen molar-refractivity contribution in [3.8, 4) is 11.5 Å². The molecule has 3 heteroatoms. The first kappa shape index (κ1) is 8.93. The Kier molecular flexibility index (Phi) is 1.57. The summed E-state index contributed by atoms with van der Waals surface area (Å²) >= 11 is 0. The fourth-order valence-corrected chi connectivity index (χ4v) is 5.52. The summed E-state index contributed by atoms with van der Waals surface area (Å²) in [6, 6.07) is 3.74. The van der Waals surface area contributed by atoms with Gasteiger partial charge in [-0.25, -0.2) is 0 Å². The van der Waals surface area contributed by atoms with Crippen LogP contribution < -0.4 is 4.74 Å². The van der Waals surface area contributed by atoms with E-state index in [0.29, 0.717) is 18.2 Å². The van der Waals surface area contributed by atoms with Crippen LogP contribution in [0.15, 0.2) is 12.1 Å². The van der Waals surface area contributed by atoms with Crippen LogP contribution in [0.4, 0.5) is 0 Å². The van der Waals surface area contributed by atoms with Gasteiger partial charge in [0.2, 0.25) is 0 Å². The van der Waals surface area contributed by atoms with Gasteiger partial charge in [-0.3, -0.25) is 0 Å². The number of nitrogens with zero attached hydrogens (tertiary/aromatic N) is 1. The lowest BCUT2D eigenvalue weighted by Crippen LogP contribution is -2.63. The highest BCUT2D eigenvalue weighted by Gasteiger charge is 2.62. The summed E-state index contributed by atoms with van der Waals surface area (Å²) in [7, 11) is 0. The monoisotopic (exact) mass is 274 g/mol. The highest BCUT2D eigenvalue weighted by molar-refractivity contribution is 5.60.